The van der Waals surface area contributed by atoms with Gasteiger partial charge in [0.2, 0.25) is 0 Å². The topological polar surface area (TPSA) is 73.7 Å². The zero-order chi connectivity index (χ0) is 23.5. The molecule has 1 N–H and O–H groups in total. The number of aliphatic hydroxyl groups is 1. The number of aromatic nitrogens is 1. The lowest BCUT2D eigenvalue weighted by molar-refractivity contribution is -0.140. The Morgan fingerprint density at radius 2 is 1.70 bits per heavy atom. The summed E-state index contributed by atoms with van der Waals surface area (Å²) in [6.45, 7) is 2.26. The molecule has 1 fully saturated rings. The number of rotatable bonds is 6. The van der Waals surface area contributed by atoms with E-state index in [0.29, 0.717) is 5.56 Å². The molecule has 0 aliphatic carbocycles. The summed E-state index contributed by atoms with van der Waals surface area (Å²) in [5, 5.41) is 11.2. The number of hydrogen-bond donors (Lipinski definition) is 1. The summed E-state index contributed by atoms with van der Waals surface area (Å²) in [5.74, 6) is -1.48. The molecule has 0 spiro atoms. The Kier molecular flexibility index (Phi) is 6.27. The van der Waals surface area contributed by atoms with E-state index in [1.807, 2.05) is 61.5 Å². The Bertz CT molecular complexity index is 1180. The molecule has 6 heteroatoms. The molecule has 2 aromatic carbocycles. The van der Waals surface area contributed by atoms with Crippen LogP contribution in [0, 0.1) is 0 Å². The molecule has 0 saturated carbocycles. The fourth-order valence-electron chi connectivity index (χ4n) is 4.09. The van der Waals surface area contributed by atoms with Crippen LogP contribution >= 0.6 is 0 Å². The third-order valence-corrected chi connectivity index (χ3v) is 5.98. The summed E-state index contributed by atoms with van der Waals surface area (Å²) < 4.78 is 0. The first-order valence-corrected chi connectivity index (χ1v) is 10.9. The summed E-state index contributed by atoms with van der Waals surface area (Å²) in [6.07, 6.45) is 4.21. The van der Waals surface area contributed by atoms with Gasteiger partial charge in [-0.05, 0) is 41.3 Å². The number of aryl methyl sites for hydroxylation is 1. The van der Waals surface area contributed by atoms with Crippen molar-refractivity contribution < 1.29 is 14.7 Å². The standard InChI is InChI=1S/C27H27N3O3/c1-4-18-7-9-21(10-8-18)25(31)23-24(20-11-13-22(14-12-20)29(2)3)30(27(33)26(23)32)17-19-6-5-15-28-16-19/h5-16,24,31H,4,17H2,1-3H3/b25-23-. The van der Waals surface area contributed by atoms with Crippen LogP contribution in [0.4, 0.5) is 5.69 Å². The minimum Gasteiger partial charge on any atom is -0.507 e. The minimum atomic E-state index is -0.702. The molecule has 1 unspecified atom stereocenters. The number of anilines is 1. The van der Waals surface area contributed by atoms with Gasteiger partial charge < -0.3 is 14.9 Å². The van der Waals surface area contributed by atoms with Gasteiger partial charge in [0.15, 0.2) is 0 Å². The Morgan fingerprint density at radius 3 is 2.27 bits per heavy atom. The molecular formula is C27H27N3O3. The predicted octanol–water partition coefficient (Wildman–Crippen LogP) is 4.33. The minimum absolute atomic E-state index is 0.103. The van der Waals surface area contributed by atoms with Crippen LogP contribution in [-0.2, 0) is 22.6 Å². The van der Waals surface area contributed by atoms with Crippen LogP contribution in [0.2, 0.25) is 0 Å². The Hall–Kier alpha value is -3.93. The molecule has 1 atom stereocenters. The third kappa shape index (κ3) is 4.37. The lowest BCUT2D eigenvalue weighted by Gasteiger charge is -2.26. The zero-order valence-corrected chi connectivity index (χ0v) is 19.0. The van der Waals surface area contributed by atoms with Crippen molar-refractivity contribution >= 4 is 23.1 Å². The number of Topliss-reactive ketones (excluding diaryl/α,β-unsaturated/α-hetero) is 1. The molecule has 1 aliphatic heterocycles. The van der Waals surface area contributed by atoms with Gasteiger partial charge in [-0.15, -0.1) is 0 Å². The van der Waals surface area contributed by atoms with Crippen LogP contribution in [0.3, 0.4) is 0 Å². The van der Waals surface area contributed by atoms with Gasteiger partial charge in [-0.1, -0.05) is 49.4 Å². The van der Waals surface area contributed by atoms with Crippen molar-refractivity contribution in [3.05, 3.63) is 101 Å². The van der Waals surface area contributed by atoms with Gasteiger partial charge in [-0.3, -0.25) is 14.6 Å². The average Bonchev–Trinajstić information content (AvgIpc) is 3.09. The van der Waals surface area contributed by atoms with E-state index in [4.69, 9.17) is 0 Å². The van der Waals surface area contributed by atoms with E-state index in [-0.39, 0.29) is 17.9 Å². The van der Waals surface area contributed by atoms with Gasteiger partial charge in [-0.2, -0.15) is 0 Å². The highest BCUT2D eigenvalue weighted by Gasteiger charge is 2.46. The van der Waals surface area contributed by atoms with Crippen molar-refractivity contribution in [2.24, 2.45) is 0 Å². The molecule has 4 rings (SSSR count). The average molecular weight is 442 g/mol. The van der Waals surface area contributed by atoms with Crippen molar-refractivity contribution in [2.45, 2.75) is 25.9 Å². The maximum Gasteiger partial charge on any atom is 0.295 e. The lowest BCUT2D eigenvalue weighted by Crippen LogP contribution is -2.29. The van der Waals surface area contributed by atoms with Crippen molar-refractivity contribution in [1.29, 1.82) is 0 Å². The smallest absolute Gasteiger partial charge is 0.295 e. The number of likely N-dealkylation sites (tertiary alicyclic amines) is 1. The molecule has 2 heterocycles. The first kappa shape index (κ1) is 22.3. The van der Waals surface area contributed by atoms with E-state index >= 15 is 0 Å². The summed E-state index contributed by atoms with van der Waals surface area (Å²) in [7, 11) is 3.90. The SMILES string of the molecule is CCc1ccc(/C(O)=C2/C(=O)C(=O)N(Cc3cccnc3)C2c2ccc(N(C)C)cc2)cc1. The third-order valence-electron chi connectivity index (χ3n) is 5.98. The predicted molar refractivity (Wildman–Crippen MR) is 129 cm³/mol. The normalized spacial score (nSPS) is 17.4. The molecule has 3 aromatic rings. The van der Waals surface area contributed by atoms with Gasteiger partial charge in [0, 0.05) is 44.3 Å². The van der Waals surface area contributed by atoms with E-state index < -0.39 is 17.7 Å². The quantitative estimate of drug-likeness (QED) is 0.350. The van der Waals surface area contributed by atoms with Crippen molar-refractivity contribution in [3.63, 3.8) is 0 Å². The molecule has 1 amide bonds. The van der Waals surface area contributed by atoms with Crippen molar-refractivity contribution in [1.82, 2.24) is 9.88 Å². The van der Waals surface area contributed by atoms with E-state index in [1.54, 1.807) is 30.6 Å². The molecule has 33 heavy (non-hydrogen) atoms. The largest absolute Gasteiger partial charge is 0.507 e. The number of amides is 1. The summed E-state index contributed by atoms with van der Waals surface area (Å²) in [4.78, 5) is 33.9. The Balaban J connectivity index is 1.83. The zero-order valence-electron chi connectivity index (χ0n) is 19.0. The highest BCUT2D eigenvalue weighted by molar-refractivity contribution is 6.46. The van der Waals surface area contributed by atoms with Gasteiger partial charge in [0.1, 0.15) is 5.76 Å². The number of carbonyl (C=O) groups is 2. The molecule has 168 valence electrons. The number of carbonyl (C=O) groups excluding carboxylic acids is 2. The van der Waals surface area contributed by atoms with Crippen LogP contribution in [0.5, 0.6) is 0 Å². The fourth-order valence-corrected chi connectivity index (χ4v) is 4.09. The second-order valence-electron chi connectivity index (χ2n) is 8.32. The number of ketones is 1. The van der Waals surface area contributed by atoms with Gasteiger partial charge >= 0.3 is 0 Å². The van der Waals surface area contributed by atoms with Crippen LogP contribution in [0.1, 0.15) is 35.2 Å². The molecule has 1 aromatic heterocycles. The summed E-state index contributed by atoms with van der Waals surface area (Å²) in [6, 6.07) is 18.0. The molecule has 0 radical (unpaired) electrons. The number of hydrogen-bond acceptors (Lipinski definition) is 5. The number of pyridine rings is 1. The van der Waals surface area contributed by atoms with Gasteiger partial charge in [-0.25, -0.2) is 0 Å². The highest BCUT2D eigenvalue weighted by atomic mass is 16.3. The lowest BCUT2D eigenvalue weighted by atomic mass is 9.94. The summed E-state index contributed by atoms with van der Waals surface area (Å²) >= 11 is 0. The molecule has 1 saturated heterocycles. The summed E-state index contributed by atoms with van der Waals surface area (Å²) in [5.41, 5.74) is 4.31. The van der Waals surface area contributed by atoms with Crippen LogP contribution in [0.25, 0.3) is 5.76 Å². The van der Waals surface area contributed by atoms with E-state index in [2.05, 4.69) is 11.9 Å². The maximum absolute atomic E-state index is 13.2. The second kappa shape index (κ2) is 9.28. The highest BCUT2D eigenvalue weighted by Crippen LogP contribution is 2.40. The van der Waals surface area contributed by atoms with E-state index in [1.165, 1.54) is 4.90 Å². The van der Waals surface area contributed by atoms with Crippen LogP contribution in [0.15, 0.2) is 78.6 Å². The van der Waals surface area contributed by atoms with E-state index in [0.717, 1.165) is 28.8 Å². The fraction of sp³-hybridized carbons (Fsp3) is 0.222. The monoisotopic (exact) mass is 441 g/mol. The first-order valence-electron chi connectivity index (χ1n) is 10.9. The van der Waals surface area contributed by atoms with E-state index in [9.17, 15) is 14.7 Å². The molecule has 6 nitrogen and oxygen atoms in total. The van der Waals surface area contributed by atoms with Crippen LogP contribution in [-0.4, -0.2) is 40.8 Å². The molecule has 0 bridgehead atoms. The van der Waals surface area contributed by atoms with Gasteiger partial charge in [0.25, 0.3) is 11.7 Å². The van der Waals surface area contributed by atoms with Crippen LogP contribution < -0.4 is 4.90 Å². The van der Waals surface area contributed by atoms with Crippen molar-refractivity contribution in [2.75, 3.05) is 19.0 Å². The number of nitrogens with zero attached hydrogens (tertiary/aromatic N) is 3. The van der Waals surface area contributed by atoms with Gasteiger partial charge in [0.05, 0.1) is 11.6 Å². The first-order chi connectivity index (χ1) is 15.9. The van der Waals surface area contributed by atoms with Crippen molar-refractivity contribution in [3.8, 4) is 0 Å². The molecular weight excluding hydrogens is 414 g/mol. The molecule has 1 aliphatic rings. The Morgan fingerprint density at radius 1 is 1.00 bits per heavy atom. The second-order valence-corrected chi connectivity index (χ2v) is 8.32. The number of aliphatic hydroxyl groups excluding tert-OH is 1. The maximum atomic E-state index is 13.2. The Labute approximate surface area is 193 Å². The number of benzene rings is 2.